The Balaban J connectivity index is 2.10. The van der Waals surface area contributed by atoms with Crippen molar-refractivity contribution in [2.75, 3.05) is 0 Å². The van der Waals surface area contributed by atoms with Crippen LogP contribution in [0.15, 0.2) is 42.5 Å². The van der Waals surface area contributed by atoms with Crippen molar-refractivity contribution in [2.45, 2.75) is 13.0 Å². The summed E-state index contributed by atoms with van der Waals surface area (Å²) in [6.07, 6.45) is -1.03. The normalized spacial score (nSPS) is 11.7. The highest BCUT2D eigenvalue weighted by atomic mass is 35.5. The Bertz CT molecular complexity index is 709. The van der Waals surface area contributed by atoms with Gasteiger partial charge < -0.3 is 14.9 Å². The summed E-state index contributed by atoms with van der Waals surface area (Å²) in [4.78, 5) is 24.1. The summed E-state index contributed by atoms with van der Waals surface area (Å²) in [5.41, 5.74) is 0.230. The van der Waals surface area contributed by atoms with E-state index in [2.05, 4.69) is 0 Å². The number of halogens is 1. The fraction of sp³-hybridized carbons (Fsp3) is 0.125. The first-order valence-corrected chi connectivity index (χ1v) is 6.79. The van der Waals surface area contributed by atoms with Crippen molar-refractivity contribution >= 4 is 23.4 Å². The van der Waals surface area contributed by atoms with Gasteiger partial charge in [-0.25, -0.2) is 4.79 Å². The Morgan fingerprint density at radius 2 is 1.73 bits per heavy atom. The lowest BCUT2D eigenvalue weighted by Gasteiger charge is -2.13. The molecule has 0 unspecified atom stereocenters. The van der Waals surface area contributed by atoms with Crippen molar-refractivity contribution in [1.29, 1.82) is 0 Å². The molecule has 0 saturated carbocycles. The number of hydrogen-bond donors (Lipinski definition) is 2. The van der Waals surface area contributed by atoms with E-state index in [1.54, 1.807) is 12.1 Å². The third-order valence-electron chi connectivity index (χ3n) is 2.98. The number of rotatable bonds is 4. The van der Waals surface area contributed by atoms with Crippen LogP contribution in [0, 0.1) is 0 Å². The molecule has 0 aliphatic heterocycles. The number of Topliss-reactive ketones (excluding diaryl/α,β-unsaturated/α-hetero) is 1. The average Bonchev–Trinajstić information content (AvgIpc) is 2.47. The van der Waals surface area contributed by atoms with Gasteiger partial charge in [0.15, 0.2) is 6.10 Å². The summed E-state index contributed by atoms with van der Waals surface area (Å²) >= 11 is 5.75. The van der Waals surface area contributed by atoms with Gasteiger partial charge in [-0.2, -0.15) is 0 Å². The maximum absolute atomic E-state index is 12.1. The Kier molecular flexibility index (Phi) is 4.68. The van der Waals surface area contributed by atoms with E-state index in [-0.39, 0.29) is 17.1 Å². The minimum atomic E-state index is -1.03. The van der Waals surface area contributed by atoms with E-state index >= 15 is 0 Å². The number of phenols is 2. The van der Waals surface area contributed by atoms with Crippen LogP contribution in [0.2, 0.25) is 5.02 Å². The highest BCUT2D eigenvalue weighted by molar-refractivity contribution is 6.30. The summed E-state index contributed by atoms with van der Waals surface area (Å²) in [6.45, 7) is 1.44. The molecular weight excluding hydrogens is 308 g/mol. The lowest BCUT2D eigenvalue weighted by Crippen LogP contribution is -2.24. The molecule has 0 heterocycles. The predicted octanol–water partition coefficient (Wildman–Crippen LogP) is 3.18. The molecular formula is C16H13ClO5. The molecule has 1 atom stereocenters. The van der Waals surface area contributed by atoms with Crippen LogP contribution < -0.4 is 0 Å². The van der Waals surface area contributed by atoms with Gasteiger partial charge in [0.1, 0.15) is 17.1 Å². The third kappa shape index (κ3) is 3.56. The molecule has 0 spiro atoms. The lowest BCUT2D eigenvalue weighted by molar-refractivity contribution is 0.0316. The highest BCUT2D eigenvalue weighted by Crippen LogP contribution is 2.24. The molecule has 6 heteroatoms. The van der Waals surface area contributed by atoms with Gasteiger partial charge >= 0.3 is 5.97 Å². The standard InChI is InChI=1S/C16H13ClO5/c1-9(15(20)10-2-4-11(17)5-3-10)22-16(21)13-7-6-12(18)8-14(13)19/h2-9,18-19H,1H3/t9-/m1/s1. The second-order valence-corrected chi connectivity index (χ2v) is 5.06. The molecule has 22 heavy (non-hydrogen) atoms. The number of ketones is 1. The van der Waals surface area contributed by atoms with E-state index in [1.165, 1.54) is 31.2 Å². The van der Waals surface area contributed by atoms with Crippen molar-refractivity contribution in [1.82, 2.24) is 0 Å². The Morgan fingerprint density at radius 3 is 2.32 bits per heavy atom. The molecule has 2 aromatic rings. The van der Waals surface area contributed by atoms with Crippen LogP contribution in [-0.2, 0) is 4.74 Å². The van der Waals surface area contributed by atoms with Gasteiger partial charge in [-0.1, -0.05) is 11.6 Å². The van der Waals surface area contributed by atoms with Crippen LogP contribution in [0.4, 0.5) is 0 Å². The maximum Gasteiger partial charge on any atom is 0.342 e. The van der Waals surface area contributed by atoms with Crippen LogP contribution >= 0.6 is 11.6 Å². The van der Waals surface area contributed by atoms with Gasteiger partial charge in [0.25, 0.3) is 0 Å². The molecule has 0 bridgehead atoms. The number of ether oxygens (including phenoxy) is 1. The molecule has 0 fully saturated rings. The average molecular weight is 321 g/mol. The molecule has 2 N–H and O–H groups in total. The zero-order valence-electron chi connectivity index (χ0n) is 11.6. The molecule has 5 nitrogen and oxygen atoms in total. The summed E-state index contributed by atoms with van der Waals surface area (Å²) in [6, 6.07) is 9.67. The van der Waals surface area contributed by atoms with Gasteiger partial charge in [-0.3, -0.25) is 4.79 Å². The first-order valence-electron chi connectivity index (χ1n) is 6.41. The predicted molar refractivity (Wildman–Crippen MR) is 80.4 cm³/mol. The SMILES string of the molecule is C[C@@H](OC(=O)c1ccc(O)cc1O)C(=O)c1ccc(Cl)cc1. The van der Waals surface area contributed by atoms with Crippen LogP contribution in [-0.4, -0.2) is 28.1 Å². The fourth-order valence-electron chi connectivity index (χ4n) is 1.82. The zero-order valence-corrected chi connectivity index (χ0v) is 12.4. The van der Waals surface area contributed by atoms with E-state index in [0.717, 1.165) is 6.07 Å². The van der Waals surface area contributed by atoms with E-state index in [9.17, 15) is 19.8 Å². The van der Waals surface area contributed by atoms with E-state index < -0.39 is 17.8 Å². The summed E-state index contributed by atoms with van der Waals surface area (Å²) in [5.74, 6) is -1.84. The van der Waals surface area contributed by atoms with Crippen LogP contribution in [0.3, 0.4) is 0 Å². The van der Waals surface area contributed by atoms with Gasteiger partial charge in [0, 0.05) is 16.7 Å². The van der Waals surface area contributed by atoms with Crippen LogP contribution in [0.5, 0.6) is 11.5 Å². The smallest absolute Gasteiger partial charge is 0.342 e. The molecule has 0 saturated heterocycles. The van der Waals surface area contributed by atoms with Gasteiger partial charge in [0.2, 0.25) is 5.78 Å². The van der Waals surface area contributed by atoms with Crippen molar-refractivity contribution in [3.63, 3.8) is 0 Å². The number of aromatic hydroxyl groups is 2. The van der Waals surface area contributed by atoms with Gasteiger partial charge in [-0.05, 0) is 43.3 Å². The van der Waals surface area contributed by atoms with Crippen molar-refractivity contribution in [3.8, 4) is 11.5 Å². The topological polar surface area (TPSA) is 83.8 Å². The largest absolute Gasteiger partial charge is 0.508 e. The third-order valence-corrected chi connectivity index (χ3v) is 3.23. The van der Waals surface area contributed by atoms with Crippen molar-refractivity contribution in [3.05, 3.63) is 58.6 Å². The Labute approximate surface area is 131 Å². The summed E-state index contributed by atoms with van der Waals surface area (Å²) < 4.78 is 5.04. The molecule has 2 rings (SSSR count). The van der Waals surface area contributed by atoms with Crippen molar-refractivity contribution in [2.24, 2.45) is 0 Å². The lowest BCUT2D eigenvalue weighted by atomic mass is 10.1. The van der Waals surface area contributed by atoms with Crippen LogP contribution in [0.1, 0.15) is 27.6 Å². The van der Waals surface area contributed by atoms with Crippen molar-refractivity contribution < 1.29 is 24.5 Å². The first kappa shape index (κ1) is 15.9. The first-order chi connectivity index (χ1) is 10.4. The quantitative estimate of drug-likeness (QED) is 0.667. The summed E-state index contributed by atoms with van der Waals surface area (Å²) in [7, 11) is 0. The highest BCUT2D eigenvalue weighted by Gasteiger charge is 2.22. The number of phenolic OH excluding ortho intramolecular Hbond substituents is 2. The number of carbonyl (C=O) groups excluding carboxylic acids is 2. The zero-order chi connectivity index (χ0) is 16.3. The minimum absolute atomic E-state index is 0.131. The monoisotopic (exact) mass is 320 g/mol. The number of carbonyl (C=O) groups is 2. The number of benzene rings is 2. The molecule has 0 aliphatic carbocycles. The Hall–Kier alpha value is -2.53. The fourth-order valence-corrected chi connectivity index (χ4v) is 1.95. The molecule has 0 amide bonds. The van der Waals surface area contributed by atoms with E-state index in [4.69, 9.17) is 16.3 Å². The minimum Gasteiger partial charge on any atom is -0.508 e. The van der Waals surface area contributed by atoms with E-state index in [0.29, 0.717) is 10.6 Å². The Morgan fingerprint density at radius 1 is 1.09 bits per heavy atom. The van der Waals surface area contributed by atoms with Gasteiger partial charge in [-0.15, -0.1) is 0 Å². The molecule has 0 aromatic heterocycles. The second kappa shape index (κ2) is 6.49. The number of esters is 1. The maximum atomic E-state index is 12.1. The molecule has 2 aromatic carbocycles. The molecule has 0 radical (unpaired) electrons. The van der Waals surface area contributed by atoms with E-state index in [1.807, 2.05) is 0 Å². The molecule has 0 aliphatic rings. The van der Waals surface area contributed by atoms with Gasteiger partial charge in [0.05, 0.1) is 0 Å². The second-order valence-electron chi connectivity index (χ2n) is 4.62. The van der Waals surface area contributed by atoms with Crippen LogP contribution in [0.25, 0.3) is 0 Å². The summed E-state index contributed by atoms with van der Waals surface area (Å²) in [5, 5.41) is 19.3. The molecule has 114 valence electrons. The number of hydrogen-bond acceptors (Lipinski definition) is 5.